The quantitative estimate of drug-likeness (QED) is 0.803. The Hall–Kier alpha value is -1.24. The first-order valence-electron chi connectivity index (χ1n) is 5.37. The molecule has 92 valence electrons. The summed E-state index contributed by atoms with van der Waals surface area (Å²) >= 11 is 4.98. The van der Waals surface area contributed by atoms with E-state index in [1.807, 2.05) is 18.2 Å². The number of aliphatic hydroxyl groups is 1. The Bertz CT molecular complexity index is 692. The molecule has 0 saturated carbocycles. The number of nitrogens with zero attached hydrogens (tertiary/aromatic N) is 2. The maximum absolute atomic E-state index is 8.97. The van der Waals surface area contributed by atoms with E-state index in [0.717, 1.165) is 31.2 Å². The number of rotatable bonds is 3. The Balaban J connectivity index is 2.05. The molecule has 0 bridgehead atoms. The molecule has 6 heteroatoms. The number of aromatic nitrogens is 2. The van der Waals surface area contributed by atoms with E-state index in [0.29, 0.717) is 6.42 Å². The summed E-state index contributed by atoms with van der Waals surface area (Å²) in [5.41, 5.74) is 2.58. The maximum Gasteiger partial charge on any atom is 0.181 e. The third-order valence-corrected chi connectivity index (χ3v) is 4.65. The van der Waals surface area contributed by atoms with E-state index in [9.17, 15) is 0 Å². The minimum Gasteiger partial charge on any atom is -0.443 e. The number of benzene rings is 1. The molecule has 1 N–H and O–H groups in total. The molecule has 18 heavy (non-hydrogen) atoms. The van der Waals surface area contributed by atoms with Crippen molar-refractivity contribution in [2.75, 3.05) is 6.61 Å². The minimum atomic E-state index is 0.126. The second-order valence-corrected chi connectivity index (χ2v) is 5.58. The highest BCUT2D eigenvalue weighted by atomic mass is 79.9. The van der Waals surface area contributed by atoms with Gasteiger partial charge in [-0.3, -0.25) is 0 Å². The average molecular weight is 325 g/mol. The van der Waals surface area contributed by atoms with Crippen molar-refractivity contribution in [3.05, 3.63) is 34.1 Å². The normalized spacial score (nSPS) is 11.2. The highest BCUT2D eigenvalue weighted by Gasteiger charge is 2.11. The number of hydrogen-bond acceptors (Lipinski definition) is 5. The molecule has 0 aliphatic carbocycles. The van der Waals surface area contributed by atoms with Gasteiger partial charge in [-0.25, -0.2) is 9.97 Å². The number of oxazole rings is 1. The van der Waals surface area contributed by atoms with Crippen LogP contribution in [0.2, 0.25) is 0 Å². The van der Waals surface area contributed by atoms with E-state index in [4.69, 9.17) is 9.52 Å². The van der Waals surface area contributed by atoms with Gasteiger partial charge in [0.1, 0.15) is 15.1 Å². The van der Waals surface area contributed by atoms with Crippen molar-refractivity contribution in [2.45, 2.75) is 6.42 Å². The fraction of sp³-hybridized carbons (Fsp3) is 0.167. The van der Waals surface area contributed by atoms with Crippen LogP contribution in [0.25, 0.3) is 21.7 Å². The van der Waals surface area contributed by atoms with E-state index in [1.165, 1.54) is 6.39 Å². The molecule has 0 unspecified atom stereocenters. The Kier molecular flexibility index (Phi) is 3.15. The molecular weight excluding hydrogens is 316 g/mol. The average Bonchev–Trinajstić information content (AvgIpc) is 2.96. The molecule has 0 spiro atoms. The monoisotopic (exact) mass is 324 g/mol. The Labute approximate surface area is 115 Å². The van der Waals surface area contributed by atoms with Crippen LogP contribution in [-0.2, 0) is 6.42 Å². The van der Waals surface area contributed by atoms with Gasteiger partial charge in [0.2, 0.25) is 0 Å². The van der Waals surface area contributed by atoms with Gasteiger partial charge in [0.25, 0.3) is 0 Å². The molecule has 0 atom stereocenters. The first-order chi connectivity index (χ1) is 8.78. The summed E-state index contributed by atoms with van der Waals surface area (Å²) in [6.45, 7) is 0.126. The maximum atomic E-state index is 8.97. The topological polar surface area (TPSA) is 59.2 Å². The van der Waals surface area contributed by atoms with Crippen LogP contribution in [-0.4, -0.2) is 21.7 Å². The van der Waals surface area contributed by atoms with Crippen LogP contribution in [0.5, 0.6) is 0 Å². The lowest BCUT2D eigenvalue weighted by atomic mass is 10.2. The third kappa shape index (κ3) is 2.07. The lowest BCUT2D eigenvalue weighted by Gasteiger charge is -1.94. The number of thiazole rings is 1. The van der Waals surface area contributed by atoms with Crippen LogP contribution in [0.15, 0.2) is 33.6 Å². The van der Waals surface area contributed by atoms with Crippen molar-refractivity contribution in [1.82, 2.24) is 9.97 Å². The summed E-state index contributed by atoms with van der Waals surface area (Å²) in [6, 6.07) is 5.81. The van der Waals surface area contributed by atoms with E-state index in [-0.39, 0.29) is 6.61 Å². The summed E-state index contributed by atoms with van der Waals surface area (Å²) in [5.74, 6) is 0. The first-order valence-corrected chi connectivity index (χ1v) is 6.98. The van der Waals surface area contributed by atoms with Crippen LogP contribution in [0.4, 0.5) is 0 Å². The SMILES string of the molecule is OCCc1sc(-c2ccc3ncoc3c2)nc1Br. The van der Waals surface area contributed by atoms with Crippen LogP contribution < -0.4 is 0 Å². The molecule has 0 radical (unpaired) electrons. The molecule has 0 saturated heterocycles. The van der Waals surface area contributed by atoms with Gasteiger partial charge < -0.3 is 9.52 Å². The Morgan fingerprint density at radius 2 is 2.28 bits per heavy atom. The standard InChI is InChI=1S/C12H9BrN2O2S/c13-11-10(3-4-16)18-12(15-11)7-1-2-8-9(5-7)17-6-14-8/h1-2,5-6,16H,3-4H2. The molecule has 2 aromatic heterocycles. The number of halogens is 1. The van der Waals surface area contributed by atoms with E-state index in [1.54, 1.807) is 11.3 Å². The zero-order chi connectivity index (χ0) is 12.5. The highest BCUT2D eigenvalue weighted by Crippen LogP contribution is 2.32. The van der Waals surface area contributed by atoms with Crippen molar-refractivity contribution in [2.24, 2.45) is 0 Å². The Morgan fingerprint density at radius 1 is 1.39 bits per heavy atom. The van der Waals surface area contributed by atoms with Gasteiger partial charge in [-0.15, -0.1) is 11.3 Å². The molecule has 0 fully saturated rings. The highest BCUT2D eigenvalue weighted by molar-refractivity contribution is 9.10. The van der Waals surface area contributed by atoms with Crippen LogP contribution in [0, 0.1) is 0 Å². The molecule has 2 heterocycles. The number of aliphatic hydroxyl groups excluding tert-OH is 1. The predicted octanol–water partition coefficient (Wildman–Crippen LogP) is 3.25. The van der Waals surface area contributed by atoms with Gasteiger partial charge in [0.05, 0.1) is 0 Å². The molecule has 0 amide bonds. The van der Waals surface area contributed by atoms with Gasteiger partial charge in [-0.1, -0.05) is 0 Å². The summed E-state index contributed by atoms with van der Waals surface area (Å²) in [6.07, 6.45) is 2.05. The van der Waals surface area contributed by atoms with Crippen LogP contribution in [0.1, 0.15) is 4.88 Å². The van der Waals surface area contributed by atoms with Crippen molar-refractivity contribution in [3.63, 3.8) is 0 Å². The van der Waals surface area contributed by atoms with Gasteiger partial charge in [-0.2, -0.15) is 0 Å². The molecule has 1 aromatic carbocycles. The second-order valence-electron chi connectivity index (χ2n) is 3.74. The van der Waals surface area contributed by atoms with Crippen molar-refractivity contribution in [3.8, 4) is 10.6 Å². The molecule has 3 aromatic rings. The lowest BCUT2D eigenvalue weighted by Crippen LogP contribution is -1.86. The zero-order valence-electron chi connectivity index (χ0n) is 9.26. The van der Waals surface area contributed by atoms with Gasteiger partial charge in [0.15, 0.2) is 12.0 Å². The third-order valence-electron chi connectivity index (χ3n) is 2.57. The molecule has 3 rings (SSSR count). The van der Waals surface area contributed by atoms with Gasteiger partial charge in [-0.05, 0) is 34.1 Å². The van der Waals surface area contributed by atoms with Gasteiger partial charge >= 0.3 is 0 Å². The summed E-state index contributed by atoms with van der Waals surface area (Å²) in [5, 5.41) is 9.88. The smallest absolute Gasteiger partial charge is 0.181 e. The summed E-state index contributed by atoms with van der Waals surface area (Å²) < 4.78 is 6.08. The van der Waals surface area contributed by atoms with Gasteiger partial charge in [0, 0.05) is 23.5 Å². The second kappa shape index (κ2) is 4.79. The Morgan fingerprint density at radius 3 is 3.11 bits per heavy atom. The van der Waals surface area contributed by atoms with Crippen molar-refractivity contribution >= 4 is 38.4 Å². The fourth-order valence-electron chi connectivity index (χ4n) is 1.70. The lowest BCUT2D eigenvalue weighted by molar-refractivity contribution is 0.300. The largest absolute Gasteiger partial charge is 0.443 e. The molecular formula is C12H9BrN2O2S. The van der Waals surface area contributed by atoms with Crippen molar-refractivity contribution in [1.29, 1.82) is 0 Å². The minimum absolute atomic E-state index is 0.126. The fourth-order valence-corrected chi connectivity index (χ4v) is 3.37. The number of fused-ring (bicyclic) bond motifs is 1. The van der Waals surface area contributed by atoms with Crippen LogP contribution >= 0.6 is 27.3 Å². The number of hydrogen-bond donors (Lipinski definition) is 1. The summed E-state index contributed by atoms with van der Waals surface area (Å²) in [7, 11) is 0. The molecule has 0 aliphatic heterocycles. The molecule has 4 nitrogen and oxygen atoms in total. The predicted molar refractivity (Wildman–Crippen MR) is 73.6 cm³/mol. The summed E-state index contributed by atoms with van der Waals surface area (Å²) in [4.78, 5) is 9.58. The van der Waals surface area contributed by atoms with E-state index in [2.05, 4.69) is 25.9 Å². The first kappa shape index (κ1) is 11.8. The molecule has 0 aliphatic rings. The zero-order valence-corrected chi connectivity index (χ0v) is 11.7. The van der Waals surface area contributed by atoms with Crippen LogP contribution in [0.3, 0.4) is 0 Å². The van der Waals surface area contributed by atoms with E-state index < -0.39 is 0 Å². The van der Waals surface area contributed by atoms with E-state index >= 15 is 0 Å². The van der Waals surface area contributed by atoms with Crippen molar-refractivity contribution < 1.29 is 9.52 Å².